The van der Waals surface area contributed by atoms with Crippen molar-refractivity contribution >= 4 is 29.1 Å². The Labute approximate surface area is 141 Å². The second kappa shape index (κ2) is 7.18. The number of benzene rings is 1. The van der Waals surface area contributed by atoms with Crippen LogP contribution in [0, 0.1) is 0 Å². The van der Waals surface area contributed by atoms with Crippen LogP contribution in [0.2, 0.25) is 10.0 Å². The third-order valence-corrected chi connectivity index (χ3v) is 5.14. The summed E-state index contributed by atoms with van der Waals surface area (Å²) in [7, 11) is 0. The number of piperazine rings is 1. The van der Waals surface area contributed by atoms with Crippen molar-refractivity contribution < 1.29 is 4.79 Å². The number of hydrogen-bond donors (Lipinski definition) is 1. The Balaban J connectivity index is 1.58. The first-order chi connectivity index (χ1) is 10.6. The Morgan fingerprint density at radius 3 is 2.77 bits per heavy atom. The fraction of sp³-hybridized carbons (Fsp3) is 0.562. The average Bonchev–Trinajstić information content (AvgIpc) is 3.02. The molecule has 1 amide bonds. The highest BCUT2D eigenvalue weighted by molar-refractivity contribution is 6.33. The van der Waals surface area contributed by atoms with E-state index < -0.39 is 0 Å². The van der Waals surface area contributed by atoms with Crippen molar-refractivity contribution in [1.82, 2.24) is 15.1 Å². The zero-order chi connectivity index (χ0) is 15.5. The van der Waals surface area contributed by atoms with Crippen LogP contribution in [0.4, 0.5) is 0 Å². The molecule has 4 nitrogen and oxygen atoms in total. The van der Waals surface area contributed by atoms with Gasteiger partial charge in [0.2, 0.25) is 5.91 Å². The molecule has 1 unspecified atom stereocenters. The highest BCUT2D eigenvalue weighted by atomic mass is 35.5. The van der Waals surface area contributed by atoms with Gasteiger partial charge in [0.05, 0.1) is 6.42 Å². The molecular weight excluding hydrogens is 321 g/mol. The van der Waals surface area contributed by atoms with Crippen LogP contribution in [-0.4, -0.2) is 61.0 Å². The van der Waals surface area contributed by atoms with E-state index in [1.54, 1.807) is 18.2 Å². The molecule has 1 aromatic rings. The third-order valence-electron chi connectivity index (χ3n) is 4.53. The number of nitrogens with one attached hydrogen (secondary N) is 1. The average molecular weight is 342 g/mol. The van der Waals surface area contributed by atoms with E-state index in [0.717, 1.165) is 51.3 Å². The molecular formula is C16H21Cl2N3O. The third kappa shape index (κ3) is 3.74. The van der Waals surface area contributed by atoms with Gasteiger partial charge in [0.1, 0.15) is 0 Å². The first-order valence-electron chi connectivity index (χ1n) is 7.80. The lowest BCUT2D eigenvalue weighted by Crippen LogP contribution is -2.49. The molecule has 0 radical (unpaired) electrons. The van der Waals surface area contributed by atoms with E-state index in [4.69, 9.17) is 23.2 Å². The zero-order valence-corrected chi connectivity index (χ0v) is 14.0. The maximum atomic E-state index is 12.5. The molecule has 2 aliphatic rings. The standard InChI is InChI=1S/C16H21Cl2N3O/c17-13-1-2-15(18)12(9-13)10-16(22)21-6-3-14(11-21)20-7-4-19-5-8-20/h1-2,9,14,19H,3-8,10-11H2. The van der Waals surface area contributed by atoms with Gasteiger partial charge >= 0.3 is 0 Å². The molecule has 0 bridgehead atoms. The fourth-order valence-electron chi connectivity index (χ4n) is 3.27. The van der Waals surface area contributed by atoms with Crippen molar-refractivity contribution in [3.05, 3.63) is 33.8 Å². The summed E-state index contributed by atoms with van der Waals surface area (Å²) in [6, 6.07) is 5.78. The number of rotatable bonds is 3. The van der Waals surface area contributed by atoms with Gasteiger partial charge in [-0.3, -0.25) is 9.69 Å². The van der Waals surface area contributed by atoms with Crippen molar-refractivity contribution in [2.45, 2.75) is 18.9 Å². The van der Waals surface area contributed by atoms with Crippen molar-refractivity contribution in [3.8, 4) is 0 Å². The van der Waals surface area contributed by atoms with Gasteiger partial charge in [0.25, 0.3) is 0 Å². The molecule has 3 rings (SSSR count). The summed E-state index contributed by atoms with van der Waals surface area (Å²) >= 11 is 12.1. The number of amides is 1. The summed E-state index contributed by atoms with van der Waals surface area (Å²) in [5.41, 5.74) is 0.810. The molecule has 0 aromatic heterocycles. The number of halogens is 2. The van der Waals surface area contributed by atoms with Crippen LogP contribution in [-0.2, 0) is 11.2 Å². The van der Waals surface area contributed by atoms with Gasteiger partial charge < -0.3 is 10.2 Å². The molecule has 1 N–H and O–H groups in total. The number of carbonyl (C=O) groups is 1. The van der Waals surface area contributed by atoms with Crippen molar-refractivity contribution in [3.63, 3.8) is 0 Å². The molecule has 1 aromatic carbocycles. The van der Waals surface area contributed by atoms with E-state index in [-0.39, 0.29) is 5.91 Å². The highest BCUT2D eigenvalue weighted by Crippen LogP contribution is 2.23. The van der Waals surface area contributed by atoms with Gasteiger partial charge in [0.15, 0.2) is 0 Å². The lowest BCUT2D eigenvalue weighted by atomic mass is 10.1. The summed E-state index contributed by atoms with van der Waals surface area (Å²) in [4.78, 5) is 17.0. The number of nitrogens with zero attached hydrogens (tertiary/aromatic N) is 2. The summed E-state index contributed by atoms with van der Waals surface area (Å²) < 4.78 is 0. The minimum absolute atomic E-state index is 0.141. The van der Waals surface area contributed by atoms with E-state index in [1.807, 2.05) is 4.90 Å². The summed E-state index contributed by atoms with van der Waals surface area (Å²) in [5.74, 6) is 0.141. The normalized spacial score (nSPS) is 23.0. The second-order valence-electron chi connectivity index (χ2n) is 5.98. The van der Waals surface area contributed by atoms with Crippen LogP contribution in [0.3, 0.4) is 0 Å². The molecule has 1 atom stereocenters. The number of likely N-dealkylation sites (tertiary alicyclic amines) is 1. The Hall–Kier alpha value is -0.810. The first kappa shape index (κ1) is 16.1. The van der Waals surface area contributed by atoms with Crippen LogP contribution in [0.15, 0.2) is 18.2 Å². The van der Waals surface area contributed by atoms with Gasteiger partial charge in [-0.15, -0.1) is 0 Å². The van der Waals surface area contributed by atoms with E-state index in [0.29, 0.717) is 22.5 Å². The minimum Gasteiger partial charge on any atom is -0.341 e. The number of hydrogen-bond acceptors (Lipinski definition) is 3. The quantitative estimate of drug-likeness (QED) is 0.913. The van der Waals surface area contributed by atoms with Crippen molar-refractivity contribution in [2.24, 2.45) is 0 Å². The Kier molecular flexibility index (Phi) is 5.24. The van der Waals surface area contributed by atoms with Gasteiger partial charge in [-0.1, -0.05) is 23.2 Å². The lowest BCUT2D eigenvalue weighted by molar-refractivity contribution is -0.129. The lowest BCUT2D eigenvalue weighted by Gasteiger charge is -2.32. The molecule has 0 aliphatic carbocycles. The second-order valence-corrected chi connectivity index (χ2v) is 6.82. The topological polar surface area (TPSA) is 35.6 Å². The van der Waals surface area contributed by atoms with E-state index in [2.05, 4.69) is 10.2 Å². The monoisotopic (exact) mass is 341 g/mol. The molecule has 22 heavy (non-hydrogen) atoms. The van der Waals surface area contributed by atoms with Gasteiger partial charge in [-0.2, -0.15) is 0 Å². The maximum absolute atomic E-state index is 12.5. The van der Waals surface area contributed by atoms with Crippen LogP contribution >= 0.6 is 23.2 Å². The molecule has 2 heterocycles. The summed E-state index contributed by atoms with van der Waals surface area (Å²) in [5, 5.41) is 4.59. The van der Waals surface area contributed by atoms with Crippen LogP contribution in [0.5, 0.6) is 0 Å². The SMILES string of the molecule is O=C(Cc1cc(Cl)ccc1Cl)N1CCC(N2CCNCC2)C1. The Bertz CT molecular complexity index is 546. The van der Waals surface area contributed by atoms with Gasteiger partial charge in [0, 0.05) is 55.4 Å². The Morgan fingerprint density at radius 2 is 2.00 bits per heavy atom. The molecule has 2 saturated heterocycles. The molecule has 2 fully saturated rings. The molecule has 0 saturated carbocycles. The molecule has 6 heteroatoms. The number of carbonyl (C=O) groups excluding carboxylic acids is 1. The smallest absolute Gasteiger partial charge is 0.227 e. The minimum atomic E-state index is 0.141. The van der Waals surface area contributed by atoms with E-state index >= 15 is 0 Å². The highest BCUT2D eigenvalue weighted by Gasteiger charge is 2.30. The maximum Gasteiger partial charge on any atom is 0.227 e. The van der Waals surface area contributed by atoms with E-state index in [1.165, 1.54) is 0 Å². The van der Waals surface area contributed by atoms with Crippen LogP contribution < -0.4 is 5.32 Å². The van der Waals surface area contributed by atoms with Crippen LogP contribution in [0.25, 0.3) is 0 Å². The molecule has 0 spiro atoms. The predicted octanol–water partition coefficient (Wildman–Crippen LogP) is 2.04. The van der Waals surface area contributed by atoms with E-state index in [9.17, 15) is 4.79 Å². The van der Waals surface area contributed by atoms with Crippen molar-refractivity contribution in [2.75, 3.05) is 39.3 Å². The fourth-order valence-corrected chi connectivity index (χ4v) is 3.65. The van der Waals surface area contributed by atoms with Gasteiger partial charge in [-0.05, 0) is 30.2 Å². The molecule has 2 aliphatic heterocycles. The predicted molar refractivity (Wildman–Crippen MR) is 89.6 cm³/mol. The van der Waals surface area contributed by atoms with Gasteiger partial charge in [-0.25, -0.2) is 0 Å². The Morgan fingerprint density at radius 1 is 1.23 bits per heavy atom. The van der Waals surface area contributed by atoms with Crippen LogP contribution in [0.1, 0.15) is 12.0 Å². The summed E-state index contributed by atoms with van der Waals surface area (Å²) in [6.45, 7) is 5.91. The van der Waals surface area contributed by atoms with Crippen molar-refractivity contribution in [1.29, 1.82) is 0 Å². The molecule has 120 valence electrons. The summed E-state index contributed by atoms with van der Waals surface area (Å²) in [6.07, 6.45) is 1.39. The largest absolute Gasteiger partial charge is 0.341 e. The zero-order valence-electron chi connectivity index (χ0n) is 12.5. The first-order valence-corrected chi connectivity index (χ1v) is 8.55.